The molecule has 1 fully saturated rings. The molecule has 1 aliphatic rings. The van der Waals surface area contributed by atoms with Crippen LogP contribution in [0.15, 0.2) is 39.0 Å². The molecule has 8 heteroatoms. The summed E-state index contributed by atoms with van der Waals surface area (Å²) < 4.78 is 7.60. The van der Waals surface area contributed by atoms with Crippen LogP contribution in [0.3, 0.4) is 0 Å². The molecule has 31 heavy (non-hydrogen) atoms. The SMILES string of the molecule is Cc1ccc(C)c2c(C)c(C(=O)N3CCN(Cc4cc(=O)n5ccsc5n4)CC3)oc12. The molecule has 1 aliphatic heterocycles. The van der Waals surface area contributed by atoms with E-state index in [0.717, 1.165) is 46.4 Å². The highest BCUT2D eigenvalue weighted by Crippen LogP contribution is 2.31. The van der Waals surface area contributed by atoms with Gasteiger partial charge in [-0.2, -0.15) is 0 Å². The Bertz CT molecular complexity index is 1360. The minimum absolute atomic E-state index is 0.0523. The lowest BCUT2D eigenvalue weighted by Crippen LogP contribution is -2.48. The van der Waals surface area contributed by atoms with Crippen molar-refractivity contribution in [3.63, 3.8) is 0 Å². The Morgan fingerprint density at radius 2 is 1.87 bits per heavy atom. The summed E-state index contributed by atoms with van der Waals surface area (Å²) in [6.45, 7) is 9.32. The van der Waals surface area contributed by atoms with Crippen molar-refractivity contribution in [2.45, 2.75) is 27.3 Å². The molecule has 0 saturated carbocycles. The zero-order valence-electron chi connectivity index (χ0n) is 17.8. The largest absolute Gasteiger partial charge is 0.450 e. The van der Waals surface area contributed by atoms with Gasteiger partial charge in [-0.15, -0.1) is 11.3 Å². The highest BCUT2D eigenvalue weighted by atomic mass is 32.1. The maximum absolute atomic E-state index is 13.2. The van der Waals surface area contributed by atoms with Crippen LogP contribution >= 0.6 is 11.3 Å². The zero-order chi connectivity index (χ0) is 21.7. The number of piperazine rings is 1. The van der Waals surface area contributed by atoms with Gasteiger partial charge in [-0.25, -0.2) is 4.98 Å². The van der Waals surface area contributed by atoms with Crippen LogP contribution in [0.1, 0.15) is 32.9 Å². The summed E-state index contributed by atoms with van der Waals surface area (Å²) in [6, 6.07) is 5.70. The first kappa shape index (κ1) is 20.0. The van der Waals surface area contributed by atoms with E-state index < -0.39 is 0 Å². The minimum Gasteiger partial charge on any atom is -0.450 e. The number of hydrogen-bond donors (Lipinski definition) is 0. The fourth-order valence-electron chi connectivity index (χ4n) is 4.33. The Morgan fingerprint density at radius 1 is 1.13 bits per heavy atom. The van der Waals surface area contributed by atoms with Gasteiger partial charge in [0.1, 0.15) is 5.58 Å². The normalized spacial score (nSPS) is 15.3. The molecule has 1 saturated heterocycles. The number of thiazole rings is 1. The van der Waals surface area contributed by atoms with E-state index in [2.05, 4.69) is 16.0 Å². The molecule has 7 nitrogen and oxygen atoms in total. The van der Waals surface area contributed by atoms with Gasteiger partial charge < -0.3 is 9.32 Å². The topological polar surface area (TPSA) is 71.1 Å². The van der Waals surface area contributed by atoms with Crippen LogP contribution in [0.4, 0.5) is 0 Å². The Morgan fingerprint density at radius 3 is 2.61 bits per heavy atom. The molecule has 4 heterocycles. The van der Waals surface area contributed by atoms with Crippen molar-refractivity contribution in [1.29, 1.82) is 0 Å². The van der Waals surface area contributed by atoms with Crippen LogP contribution < -0.4 is 5.56 Å². The number of aryl methyl sites for hydroxylation is 3. The molecule has 0 N–H and O–H groups in total. The molecule has 0 atom stereocenters. The van der Waals surface area contributed by atoms with Crippen molar-refractivity contribution >= 4 is 33.2 Å². The predicted octanol–water partition coefficient (Wildman–Crippen LogP) is 3.39. The van der Waals surface area contributed by atoms with E-state index in [4.69, 9.17) is 4.42 Å². The second-order valence-corrected chi connectivity index (χ2v) is 9.04. The van der Waals surface area contributed by atoms with Crippen molar-refractivity contribution in [2.75, 3.05) is 26.2 Å². The number of nitrogens with zero attached hydrogens (tertiary/aromatic N) is 4. The number of fused-ring (bicyclic) bond motifs is 2. The average Bonchev–Trinajstić information content (AvgIpc) is 3.36. The van der Waals surface area contributed by atoms with Gasteiger partial charge in [-0.3, -0.25) is 18.9 Å². The highest BCUT2D eigenvalue weighted by Gasteiger charge is 2.27. The van der Waals surface area contributed by atoms with E-state index in [1.165, 1.54) is 11.3 Å². The first-order valence-electron chi connectivity index (χ1n) is 10.4. The Labute approximate surface area is 183 Å². The van der Waals surface area contributed by atoms with Gasteiger partial charge in [0.25, 0.3) is 11.5 Å². The fourth-order valence-corrected chi connectivity index (χ4v) is 5.07. The van der Waals surface area contributed by atoms with Crippen LogP contribution in [-0.4, -0.2) is 51.3 Å². The molecule has 0 aliphatic carbocycles. The lowest BCUT2D eigenvalue weighted by atomic mass is 10.0. The summed E-state index contributed by atoms with van der Waals surface area (Å²) >= 11 is 1.45. The van der Waals surface area contributed by atoms with E-state index in [9.17, 15) is 9.59 Å². The molecule has 160 valence electrons. The third kappa shape index (κ3) is 3.45. The van der Waals surface area contributed by atoms with Crippen LogP contribution in [0.5, 0.6) is 0 Å². The molecule has 0 unspecified atom stereocenters. The van der Waals surface area contributed by atoms with E-state index >= 15 is 0 Å². The summed E-state index contributed by atoms with van der Waals surface area (Å²) in [5.41, 5.74) is 4.60. The van der Waals surface area contributed by atoms with Crippen LogP contribution in [0.25, 0.3) is 15.9 Å². The molecule has 1 amide bonds. The number of rotatable bonds is 3. The highest BCUT2D eigenvalue weighted by molar-refractivity contribution is 7.15. The molecular weight excluding hydrogens is 412 g/mol. The summed E-state index contributed by atoms with van der Waals surface area (Å²) in [6.07, 6.45) is 1.74. The first-order chi connectivity index (χ1) is 14.9. The maximum atomic E-state index is 13.2. The average molecular weight is 437 g/mol. The van der Waals surface area contributed by atoms with Crippen molar-refractivity contribution in [3.05, 3.63) is 68.3 Å². The lowest BCUT2D eigenvalue weighted by molar-refractivity contribution is 0.0597. The van der Waals surface area contributed by atoms with E-state index in [1.54, 1.807) is 16.7 Å². The number of hydrogen-bond acceptors (Lipinski definition) is 6. The number of carbonyl (C=O) groups excluding carboxylic acids is 1. The Kier molecular flexibility index (Phi) is 4.91. The number of furan rings is 1. The third-order valence-electron chi connectivity index (χ3n) is 6.08. The maximum Gasteiger partial charge on any atom is 0.289 e. The molecule has 4 aromatic rings. The van der Waals surface area contributed by atoms with Crippen molar-refractivity contribution in [1.82, 2.24) is 19.2 Å². The molecule has 5 rings (SSSR count). The van der Waals surface area contributed by atoms with E-state index in [1.807, 2.05) is 37.1 Å². The summed E-state index contributed by atoms with van der Waals surface area (Å²) in [5, 5.41) is 2.91. The number of carbonyl (C=O) groups is 1. The number of benzene rings is 1. The second-order valence-electron chi connectivity index (χ2n) is 8.17. The standard InChI is InChI=1S/C23H24N4O3S/c1-14-4-5-15(2)20-19(14)16(3)21(30-20)22(29)26-8-6-25(7-9-26)13-17-12-18(28)27-10-11-31-23(27)24-17/h4-5,10-12H,6-9,13H2,1-3H3. The van der Waals surface area contributed by atoms with Crippen molar-refractivity contribution in [3.8, 4) is 0 Å². The first-order valence-corrected chi connectivity index (χ1v) is 11.3. The summed E-state index contributed by atoms with van der Waals surface area (Å²) in [4.78, 5) is 34.8. The molecule has 1 aromatic carbocycles. The van der Waals surface area contributed by atoms with Gasteiger partial charge in [0.2, 0.25) is 0 Å². The number of aromatic nitrogens is 2. The molecule has 0 radical (unpaired) electrons. The van der Waals surface area contributed by atoms with Crippen LogP contribution in [0.2, 0.25) is 0 Å². The molecule has 0 bridgehead atoms. The van der Waals surface area contributed by atoms with E-state index in [-0.39, 0.29) is 11.5 Å². The predicted molar refractivity (Wildman–Crippen MR) is 121 cm³/mol. The molecule has 0 spiro atoms. The van der Waals surface area contributed by atoms with Gasteiger partial charge in [0.15, 0.2) is 10.7 Å². The zero-order valence-corrected chi connectivity index (χ0v) is 18.7. The van der Waals surface area contributed by atoms with Gasteiger partial charge >= 0.3 is 0 Å². The summed E-state index contributed by atoms with van der Waals surface area (Å²) in [7, 11) is 0. The van der Waals surface area contributed by atoms with Gasteiger partial charge in [-0.1, -0.05) is 12.1 Å². The van der Waals surface area contributed by atoms with E-state index in [0.29, 0.717) is 30.4 Å². The van der Waals surface area contributed by atoms with Crippen LogP contribution in [-0.2, 0) is 6.54 Å². The van der Waals surface area contributed by atoms with Crippen molar-refractivity contribution in [2.24, 2.45) is 0 Å². The fraction of sp³-hybridized carbons (Fsp3) is 0.348. The smallest absolute Gasteiger partial charge is 0.289 e. The summed E-state index contributed by atoms with van der Waals surface area (Å²) in [5.74, 6) is 0.391. The second kappa shape index (κ2) is 7.62. The van der Waals surface area contributed by atoms with Crippen molar-refractivity contribution < 1.29 is 9.21 Å². The molecular formula is C23H24N4O3S. The quantitative estimate of drug-likeness (QED) is 0.492. The van der Waals surface area contributed by atoms with Crippen LogP contribution in [0, 0.1) is 20.8 Å². The third-order valence-corrected chi connectivity index (χ3v) is 6.83. The Hall–Kier alpha value is -2.97. The monoisotopic (exact) mass is 436 g/mol. The van der Waals surface area contributed by atoms with Gasteiger partial charge in [0, 0.05) is 61.3 Å². The minimum atomic E-state index is -0.0546. The molecule has 3 aromatic heterocycles. The van der Waals surface area contributed by atoms with Gasteiger partial charge in [0.05, 0.1) is 5.69 Å². The van der Waals surface area contributed by atoms with Gasteiger partial charge in [-0.05, 0) is 31.9 Å². The Balaban J connectivity index is 1.30. The number of amides is 1. The lowest BCUT2D eigenvalue weighted by Gasteiger charge is -2.34.